The van der Waals surface area contributed by atoms with Crippen molar-refractivity contribution in [2.75, 3.05) is 14.2 Å². The normalized spacial score (nSPS) is 17.4. The van der Waals surface area contributed by atoms with Crippen LogP contribution in [0, 0.1) is 0 Å². The van der Waals surface area contributed by atoms with Gasteiger partial charge in [0.2, 0.25) is 5.78 Å². The average molecular weight is 296 g/mol. The molecule has 0 saturated carbocycles. The van der Waals surface area contributed by atoms with E-state index in [1.54, 1.807) is 32.6 Å². The number of carbonyl (C=O) groups excluding carboxylic acids is 1. The lowest BCUT2D eigenvalue weighted by Crippen LogP contribution is -2.10. The lowest BCUT2D eigenvalue weighted by Gasteiger charge is -2.10. The number of hydrogen-bond donors (Lipinski definition) is 1. The molecule has 5 nitrogen and oxygen atoms in total. The van der Waals surface area contributed by atoms with Crippen LogP contribution in [0.4, 0.5) is 0 Å². The molecule has 0 radical (unpaired) electrons. The minimum atomic E-state index is -0.669. The van der Waals surface area contributed by atoms with Crippen LogP contribution in [0.25, 0.3) is 5.57 Å². The van der Waals surface area contributed by atoms with Gasteiger partial charge in [-0.2, -0.15) is 0 Å². The van der Waals surface area contributed by atoms with Crippen LogP contribution in [0.5, 0.6) is 5.75 Å². The topological polar surface area (TPSA) is 60.5 Å². The number of hydrogen-bond acceptors (Lipinski definition) is 5. The molecule has 2 aromatic rings. The summed E-state index contributed by atoms with van der Waals surface area (Å²) >= 11 is 0. The van der Waals surface area contributed by atoms with E-state index in [0.29, 0.717) is 17.2 Å². The van der Waals surface area contributed by atoms with E-state index >= 15 is 0 Å². The molecule has 2 heterocycles. The van der Waals surface area contributed by atoms with Crippen molar-refractivity contribution >= 4 is 11.4 Å². The van der Waals surface area contributed by atoms with Crippen molar-refractivity contribution in [2.45, 2.75) is 6.10 Å². The maximum Gasteiger partial charge on any atom is 0.214 e. The van der Waals surface area contributed by atoms with E-state index in [-0.39, 0.29) is 5.78 Å². The Bertz CT molecular complexity index is 726. The highest BCUT2D eigenvalue weighted by Crippen LogP contribution is 2.37. The molecular formula is C17H16N2O3. The third kappa shape index (κ3) is 2.41. The molecule has 0 saturated heterocycles. The maximum absolute atomic E-state index is 12.8. The zero-order valence-electron chi connectivity index (χ0n) is 12.4. The molecule has 5 heteroatoms. The average Bonchev–Trinajstić information content (AvgIpc) is 2.92. The molecule has 0 aliphatic carbocycles. The number of carbonyl (C=O) groups is 1. The molecule has 1 aliphatic heterocycles. The first-order valence-corrected chi connectivity index (χ1v) is 6.92. The van der Waals surface area contributed by atoms with Crippen molar-refractivity contribution in [3.05, 3.63) is 65.8 Å². The Morgan fingerprint density at radius 3 is 2.82 bits per heavy atom. The Kier molecular flexibility index (Phi) is 3.78. The van der Waals surface area contributed by atoms with Gasteiger partial charge in [0.05, 0.1) is 12.7 Å². The first kappa shape index (κ1) is 14.1. The third-order valence-corrected chi connectivity index (χ3v) is 3.52. The minimum absolute atomic E-state index is 0.0920. The van der Waals surface area contributed by atoms with Crippen LogP contribution >= 0.6 is 0 Å². The summed E-state index contributed by atoms with van der Waals surface area (Å²) in [5, 5.41) is 2.96. The van der Waals surface area contributed by atoms with Gasteiger partial charge in [-0.15, -0.1) is 0 Å². The Hall–Kier alpha value is -2.82. The minimum Gasteiger partial charge on any atom is -0.497 e. The highest BCUT2D eigenvalue weighted by molar-refractivity contribution is 6.25. The number of pyridine rings is 1. The molecule has 0 bridgehead atoms. The summed E-state index contributed by atoms with van der Waals surface area (Å²) in [4.78, 5) is 16.8. The number of Topliss-reactive ketones (excluding diaryl/α,β-unsaturated/α-hetero) is 1. The Morgan fingerprint density at radius 2 is 2.14 bits per heavy atom. The molecule has 1 unspecified atom stereocenters. The van der Waals surface area contributed by atoms with E-state index in [2.05, 4.69) is 10.3 Å². The van der Waals surface area contributed by atoms with Crippen molar-refractivity contribution in [1.29, 1.82) is 0 Å². The largest absolute Gasteiger partial charge is 0.497 e. The monoisotopic (exact) mass is 296 g/mol. The fourth-order valence-corrected chi connectivity index (χ4v) is 2.46. The second-order valence-electron chi connectivity index (χ2n) is 4.83. The predicted octanol–water partition coefficient (Wildman–Crippen LogP) is 2.32. The van der Waals surface area contributed by atoms with Gasteiger partial charge in [-0.05, 0) is 23.8 Å². The van der Waals surface area contributed by atoms with E-state index < -0.39 is 6.10 Å². The number of nitrogens with one attached hydrogen (secondary N) is 1. The van der Waals surface area contributed by atoms with Gasteiger partial charge in [-0.1, -0.05) is 18.2 Å². The smallest absolute Gasteiger partial charge is 0.214 e. The van der Waals surface area contributed by atoms with Crippen LogP contribution in [0.15, 0.2) is 54.7 Å². The molecule has 3 rings (SSSR count). The highest BCUT2D eigenvalue weighted by atomic mass is 16.5. The van der Waals surface area contributed by atoms with Crippen LogP contribution in [-0.4, -0.2) is 24.9 Å². The Morgan fingerprint density at radius 1 is 1.27 bits per heavy atom. The van der Waals surface area contributed by atoms with E-state index in [9.17, 15) is 4.79 Å². The van der Waals surface area contributed by atoms with Crippen molar-refractivity contribution in [1.82, 2.24) is 10.3 Å². The maximum atomic E-state index is 12.8. The van der Waals surface area contributed by atoms with Gasteiger partial charge in [0.25, 0.3) is 0 Å². The third-order valence-electron chi connectivity index (χ3n) is 3.52. The van der Waals surface area contributed by atoms with E-state index in [0.717, 1.165) is 11.1 Å². The van der Waals surface area contributed by atoms with Gasteiger partial charge in [-0.25, -0.2) is 0 Å². The van der Waals surface area contributed by atoms with Gasteiger partial charge in [0, 0.05) is 25.0 Å². The molecule has 112 valence electrons. The van der Waals surface area contributed by atoms with E-state index in [1.807, 2.05) is 30.3 Å². The van der Waals surface area contributed by atoms with Crippen molar-refractivity contribution < 1.29 is 14.3 Å². The summed E-state index contributed by atoms with van der Waals surface area (Å²) in [6.45, 7) is 0. The van der Waals surface area contributed by atoms with Crippen molar-refractivity contribution in [3.8, 4) is 5.75 Å². The number of rotatable bonds is 4. The number of ether oxygens (including phenoxy) is 2. The van der Waals surface area contributed by atoms with Crippen LogP contribution in [0.3, 0.4) is 0 Å². The fourth-order valence-electron chi connectivity index (χ4n) is 2.46. The first-order valence-electron chi connectivity index (χ1n) is 6.92. The molecule has 1 atom stereocenters. The summed E-state index contributed by atoms with van der Waals surface area (Å²) in [5.41, 5.74) is 2.02. The molecule has 1 aromatic heterocycles. The lowest BCUT2D eigenvalue weighted by atomic mass is 9.97. The van der Waals surface area contributed by atoms with Crippen LogP contribution in [0.2, 0.25) is 0 Å². The number of benzene rings is 1. The van der Waals surface area contributed by atoms with Crippen molar-refractivity contribution in [3.63, 3.8) is 0 Å². The molecule has 0 spiro atoms. The van der Waals surface area contributed by atoms with Crippen LogP contribution in [0.1, 0.15) is 17.2 Å². The van der Waals surface area contributed by atoms with Gasteiger partial charge in [0.1, 0.15) is 5.75 Å². The number of nitrogens with zero attached hydrogens (tertiary/aromatic N) is 1. The second-order valence-corrected chi connectivity index (χ2v) is 4.83. The SMILES string of the molecule is CNC1=C(c2cccc(OC)c2)C(=O)C(c2cccnc2)O1. The molecule has 1 aromatic carbocycles. The lowest BCUT2D eigenvalue weighted by molar-refractivity contribution is -0.120. The quantitative estimate of drug-likeness (QED) is 0.938. The first-order chi connectivity index (χ1) is 10.7. The van der Waals surface area contributed by atoms with Gasteiger partial charge < -0.3 is 14.8 Å². The fraction of sp³-hybridized carbons (Fsp3) is 0.176. The second kappa shape index (κ2) is 5.89. The summed E-state index contributed by atoms with van der Waals surface area (Å²) in [6, 6.07) is 11.0. The zero-order valence-corrected chi connectivity index (χ0v) is 12.4. The molecule has 0 amide bonds. The standard InChI is InChI=1S/C17H16N2O3/c1-18-17-14(11-5-3-7-13(9-11)21-2)15(20)16(22-17)12-6-4-8-19-10-12/h3-10,16,18H,1-2H3. The molecule has 1 N–H and O–H groups in total. The molecule has 1 aliphatic rings. The van der Waals surface area contributed by atoms with Gasteiger partial charge >= 0.3 is 0 Å². The molecular weight excluding hydrogens is 280 g/mol. The molecule has 22 heavy (non-hydrogen) atoms. The summed E-state index contributed by atoms with van der Waals surface area (Å²) in [5.74, 6) is 1.07. The summed E-state index contributed by atoms with van der Waals surface area (Å²) in [6.07, 6.45) is 2.64. The van der Waals surface area contributed by atoms with Crippen LogP contribution in [-0.2, 0) is 9.53 Å². The summed E-state index contributed by atoms with van der Waals surface area (Å²) < 4.78 is 11.0. The Labute approximate surface area is 128 Å². The van der Waals surface area contributed by atoms with Gasteiger partial charge in [-0.3, -0.25) is 9.78 Å². The Balaban J connectivity index is 2.00. The number of aromatic nitrogens is 1. The van der Waals surface area contributed by atoms with Gasteiger partial charge in [0.15, 0.2) is 12.0 Å². The zero-order chi connectivity index (χ0) is 15.5. The predicted molar refractivity (Wildman–Crippen MR) is 82.0 cm³/mol. The van der Waals surface area contributed by atoms with Crippen molar-refractivity contribution in [2.24, 2.45) is 0 Å². The summed E-state index contributed by atoms with van der Waals surface area (Å²) in [7, 11) is 3.33. The van der Waals surface area contributed by atoms with E-state index in [4.69, 9.17) is 9.47 Å². The number of methoxy groups -OCH3 is 1. The molecule has 0 fully saturated rings. The van der Waals surface area contributed by atoms with Crippen LogP contribution < -0.4 is 10.1 Å². The number of ketones is 1. The van der Waals surface area contributed by atoms with E-state index in [1.165, 1.54) is 0 Å². The highest BCUT2D eigenvalue weighted by Gasteiger charge is 2.36.